The molecule has 0 saturated heterocycles. The molecule has 0 aliphatic rings. The van der Waals surface area contributed by atoms with Crippen LogP contribution in [-0.2, 0) is 0 Å². The fraction of sp³-hybridized carbons (Fsp3) is 0.667. The maximum Gasteiger partial charge on any atom is 0.0981 e. The molecule has 0 N–H and O–H groups in total. The van der Waals surface area contributed by atoms with Gasteiger partial charge in [0.1, 0.15) is 0 Å². The van der Waals surface area contributed by atoms with Crippen LogP contribution in [-0.4, -0.2) is 9.52 Å². The Labute approximate surface area is 69.1 Å². The summed E-state index contributed by atoms with van der Waals surface area (Å²) in [6.45, 7) is 2.18. The Balaban J connectivity index is 3.00. The molecule has 0 unspecified atom stereocenters. The first-order valence-corrected chi connectivity index (χ1v) is 5.06. The lowest BCUT2D eigenvalue weighted by molar-refractivity contribution is 0.881. The molecule has 0 saturated carbocycles. The van der Waals surface area contributed by atoms with Gasteiger partial charge in [0.15, 0.2) is 0 Å². The van der Waals surface area contributed by atoms with Crippen LogP contribution in [0.2, 0.25) is 6.04 Å². The summed E-state index contributed by atoms with van der Waals surface area (Å²) in [6.07, 6.45) is 2.52. The van der Waals surface area contributed by atoms with Gasteiger partial charge in [-0.2, -0.15) is 0 Å². The SMILES string of the molecule is CCCC[Si]C=C(Cl)Cl. The fourth-order valence-electron chi connectivity index (χ4n) is 0.428. The molecule has 2 radical (unpaired) electrons. The summed E-state index contributed by atoms with van der Waals surface area (Å²) in [6, 6.07) is 1.22. The first kappa shape index (κ1) is 9.54. The van der Waals surface area contributed by atoms with Crippen LogP contribution in [0.15, 0.2) is 10.2 Å². The topological polar surface area (TPSA) is 0 Å². The van der Waals surface area contributed by atoms with Crippen LogP contribution < -0.4 is 0 Å². The van der Waals surface area contributed by atoms with Crippen LogP contribution in [0.5, 0.6) is 0 Å². The van der Waals surface area contributed by atoms with E-state index >= 15 is 0 Å². The van der Waals surface area contributed by atoms with Crippen molar-refractivity contribution in [3.05, 3.63) is 10.2 Å². The summed E-state index contributed by atoms with van der Waals surface area (Å²) in [5.74, 6) is 0. The van der Waals surface area contributed by atoms with E-state index in [1.165, 1.54) is 18.9 Å². The number of halogens is 2. The summed E-state index contributed by atoms with van der Waals surface area (Å²) in [5.41, 5.74) is 1.87. The van der Waals surface area contributed by atoms with Gasteiger partial charge < -0.3 is 0 Å². The highest BCUT2D eigenvalue weighted by molar-refractivity contribution is 6.60. The van der Waals surface area contributed by atoms with Crippen LogP contribution in [0, 0.1) is 0 Å². The van der Waals surface area contributed by atoms with Crippen molar-refractivity contribution in [2.24, 2.45) is 0 Å². The van der Waals surface area contributed by atoms with Gasteiger partial charge in [-0.1, -0.05) is 54.7 Å². The van der Waals surface area contributed by atoms with Crippen molar-refractivity contribution in [1.29, 1.82) is 0 Å². The lowest BCUT2D eigenvalue weighted by Crippen LogP contribution is -1.82. The summed E-state index contributed by atoms with van der Waals surface area (Å²) in [4.78, 5) is 0. The molecule has 0 heterocycles. The van der Waals surface area contributed by atoms with E-state index in [1.807, 2.05) is 5.70 Å². The minimum atomic E-state index is 0.407. The van der Waals surface area contributed by atoms with E-state index in [-0.39, 0.29) is 0 Å². The predicted molar refractivity (Wildman–Crippen MR) is 45.3 cm³/mol. The molecule has 9 heavy (non-hydrogen) atoms. The van der Waals surface area contributed by atoms with Gasteiger partial charge >= 0.3 is 0 Å². The normalized spacial score (nSPS) is 9.22. The van der Waals surface area contributed by atoms with Crippen molar-refractivity contribution in [1.82, 2.24) is 0 Å². The largest absolute Gasteiger partial charge is 0.0981 e. The monoisotopic (exact) mass is 180 g/mol. The van der Waals surface area contributed by atoms with Crippen molar-refractivity contribution in [3.63, 3.8) is 0 Å². The smallest absolute Gasteiger partial charge is 0.0717 e. The van der Waals surface area contributed by atoms with Gasteiger partial charge in [0, 0.05) is 0 Å². The second kappa shape index (κ2) is 6.65. The van der Waals surface area contributed by atoms with Crippen molar-refractivity contribution < 1.29 is 0 Å². The van der Waals surface area contributed by atoms with E-state index in [2.05, 4.69) is 6.92 Å². The molecule has 3 heteroatoms. The molecule has 0 aliphatic carbocycles. The number of rotatable bonds is 4. The summed E-state index contributed by atoms with van der Waals surface area (Å²) < 4.78 is 0.407. The second-order valence-electron chi connectivity index (χ2n) is 1.74. The molecule has 0 amide bonds. The van der Waals surface area contributed by atoms with E-state index in [0.29, 0.717) is 4.49 Å². The highest BCUT2D eigenvalue weighted by Gasteiger charge is 1.85. The molecule has 52 valence electrons. The third kappa shape index (κ3) is 8.54. The molecular formula is C6H10Cl2Si. The average Bonchev–Trinajstić information content (AvgIpc) is 1.80. The second-order valence-corrected chi connectivity index (χ2v) is 3.95. The van der Waals surface area contributed by atoms with Crippen molar-refractivity contribution in [2.75, 3.05) is 0 Å². The minimum Gasteiger partial charge on any atom is -0.0717 e. The van der Waals surface area contributed by atoms with Crippen LogP contribution >= 0.6 is 23.2 Å². The molecule has 0 bridgehead atoms. The van der Waals surface area contributed by atoms with Crippen LogP contribution in [0.4, 0.5) is 0 Å². The zero-order chi connectivity index (χ0) is 7.11. The highest BCUT2D eigenvalue weighted by Crippen LogP contribution is 2.05. The maximum absolute atomic E-state index is 5.39. The third-order valence-corrected chi connectivity index (χ3v) is 2.61. The highest BCUT2D eigenvalue weighted by atomic mass is 35.5. The summed E-state index contributed by atoms with van der Waals surface area (Å²) >= 11 is 10.8. The fourth-order valence-corrected chi connectivity index (χ4v) is 1.75. The molecule has 0 nitrogen and oxygen atoms in total. The van der Waals surface area contributed by atoms with Gasteiger partial charge in [-0.25, -0.2) is 0 Å². The first-order valence-electron chi connectivity index (χ1n) is 3.02. The van der Waals surface area contributed by atoms with Gasteiger partial charge in [-0.05, 0) is 0 Å². The Morgan fingerprint density at radius 1 is 1.56 bits per heavy atom. The lowest BCUT2D eigenvalue weighted by atomic mass is 10.4. The molecule has 0 atom stereocenters. The molecule has 0 aliphatic heterocycles. The van der Waals surface area contributed by atoms with Gasteiger partial charge in [0.2, 0.25) is 0 Å². The van der Waals surface area contributed by atoms with E-state index < -0.39 is 0 Å². The number of hydrogen-bond donors (Lipinski definition) is 0. The lowest BCUT2D eigenvalue weighted by Gasteiger charge is -1.88. The molecule has 0 fully saturated rings. The zero-order valence-corrected chi connectivity index (χ0v) is 7.97. The Kier molecular flexibility index (Phi) is 7.05. The predicted octanol–water partition coefficient (Wildman–Crippen LogP) is 3.19. The van der Waals surface area contributed by atoms with Crippen molar-refractivity contribution >= 4 is 32.7 Å². The van der Waals surface area contributed by atoms with Gasteiger partial charge in [-0.15, -0.1) is 0 Å². The molecule has 0 aromatic carbocycles. The first-order chi connectivity index (χ1) is 4.27. The van der Waals surface area contributed by atoms with E-state index in [4.69, 9.17) is 23.2 Å². The Morgan fingerprint density at radius 2 is 2.22 bits per heavy atom. The number of unbranched alkanes of at least 4 members (excludes halogenated alkanes) is 1. The minimum absolute atomic E-state index is 0.407. The van der Waals surface area contributed by atoms with Gasteiger partial charge in [-0.3, -0.25) is 0 Å². The molecule has 0 spiro atoms. The standard InChI is InChI=1S/C6H10Cl2Si/c1-2-3-4-9-5-6(7)8/h5H,2-4H2,1H3. The van der Waals surface area contributed by atoms with Gasteiger partial charge in [0.25, 0.3) is 0 Å². The van der Waals surface area contributed by atoms with Crippen LogP contribution in [0.3, 0.4) is 0 Å². The third-order valence-electron chi connectivity index (χ3n) is 0.886. The Hall–Kier alpha value is 0.537. The van der Waals surface area contributed by atoms with Gasteiger partial charge in [0.05, 0.1) is 14.0 Å². The quantitative estimate of drug-likeness (QED) is 0.461. The number of hydrogen-bond acceptors (Lipinski definition) is 0. The maximum atomic E-state index is 5.39. The van der Waals surface area contributed by atoms with E-state index in [0.717, 1.165) is 9.52 Å². The molecule has 0 aromatic heterocycles. The van der Waals surface area contributed by atoms with E-state index in [1.54, 1.807) is 0 Å². The molecular weight excluding hydrogens is 171 g/mol. The summed E-state index contributed by atoms with van der Waals surface area (Å²) in [7, 11) is 0.793. The Bertz CT molecular complexity index is 87.1. The molecule has 0 rings (SSSR count). The Morgan fingerprint density at radius 3 is 2.67 bits per heavy atom. The van der Waals surface area contributed by atoms with Crippen molar-refractivity contribution in [3.8, 4) is 0 Å². The molecule has 0 aromatic rings. The van der Waals surface area contributed by atoms with E-state index in [9.17, 15) is 0 Å². The average molecular weight is 181 g/mol. The zero-order valence-electron chi connectivity index (χ0n) is 5.45. The summed E-state index contributed by atoms with van der Waals surface area (Å²) in [5, 5.41) is 0. The van der Waals surface area contributed by atoms with Crippen LogP contribution in [0.25, 0.3) is 0 Å². The van der Waals surface area contributed by atoms with Crippen LogP contribution in [0.1, 0.15) is 19.8 Å². The van der Waals surface area contributed by atoms with Crippen molar-refractivity contribution in [2.45, 2.75) is 25.8 Å².